The van der Waals surface area contributed by atoms with Gasteiger partial charge in [-0.25, -0.2) is 0 Å². The van der Waals surface area contributed by atoms with Crippen molar-refractivity contribution in [2.24, 2.45) is 0 Å². The summed E-state index contributed by atoms with van der Waals surface area (Å²) < 4.78 is 0. The van der Waals surface area contributed by atoms with E-state index in [0.29, 0.717) is 10.6 Å². The SMILES string of the molecule is C#CCNC(=O)c1cccc(C)c1Cl. The van der Waals surface area contributed by atoms with E-state index in [0.717, 1.165) is 5.56 Å². The number of carbonyl (C=O) groups excluding carboxylic acids is 1. The molecule has 0 saturated carbocycles. The van der Waals surface area contributed by atoms with Crippen molar-refractivity contribution in [2.45, 2.75) is 6.92 Å². The Bertz CT molecular complexity index is 393. The van der Waals surface area contributed by atoms with Gasteiger partial charge in [0, 0.05) is 0 Å². The number of nitrogens with one attached hydrogen (secondary N) is 1. The van der Waals surface area contributed by atoms with E-state index >= 15 is 0 Å². The Balaban J connectivity index is 2.91. The van der Waals surface area contributed by atoms with Gasteiger partial charge in [0.1, 0.15) is 0 Å². The quantitative estimate of drug-likeness (QED) is 0.739. The maximum Gasteiger partial charge on any atom is 0.253 e. The molecule has 0 heterocycles. The number of hydrogen-bond donors (Lipinski definition) is 1. The van der Waals surface area contributed by atoms with E-state index in [-0.39, 0.29) is 12.5 Å². The molecule has 0 radical (unpaired) electrons. The average Bonchev–Trinajstić information content (AvgIpc) is 2.18. The van der Waals surface area contributed by atoms with Crippen molar-refractivity contribution >= 4 is 17.5 Å². The summed E-state index contributed by atoms with van der Waals surface area (Å²) >= 11 is 5.95. The summed E-state index contributed by atoms with van der Waals surface area (Å²) in [6, 6.07) is 5.30. The van der Waals surface area contributed by atoms with Crippen molar-refractivity contribution in [1.29, 1.82) is 0 Å². The molecule has 1 aromatic rings. The molecule has 2 nitrogen and oxygen atoms in total. The van der Waals surface area contributed by atoms with Crippen LogP contribution in [0.5, 0.6) is 0 Å². The zero-order chi connectivity index (χ0) is 10.6. The monoisotopic (exact) mass is 207 g/mol. The van der Waals surface area contributed by atoms with Crippen molar-refractivity contribution in [2.75, 3.05) is 6.54 Å². The van der Waals surface area contributed by atoms with Crippen molar-refractivity contribution in [3.63, 3.8) is 0 Å². The molecule has 0 unspecified atom stereocenters. The first-order valence-corrected chi connectivity index (χ1v) is 4.51. The van der Waals surface area contributed by atoms with Gasteiger partial charge in [-0.3, -0.25) is 4.79 Å². The molecule has 1 rings (SSSR count). The van der Waals surface area contributed by atoms with Gasteiger partial charge >= 0.3 is 0 Å². The van der Waals surface area contributed by atoms with Crippen LogP contribution in [0.2, 0.25) is 5.02 Å². The second-order valence-corrected chi connectivity index (χ2v) is 3.20. The largest absolute Gasteiger partial charge is 0.341 e. The summed E-state index contributed by atoms with van der Waals surface area (Å²) in [5, 5.41) is 3.03. The Kier molecular flexibility index (Phi) is 3.55. The van der Waals surface area contributed by atoms with Gasteiger partial charge in [0.2, 0.25) is 0 Å². The molecule has 1 aromatic carbocycles. The first kappa shape index (κ1) is 10.6. The maximum atomic E-state index is 11.5. The third-order valence-electron chi connectivity index (χ3n) is 1.79. The molecule has 72 valence electrons. The lowest BCUT2D eigenvalue weighted by atomic mass is 10.1. The van der Waals surface area contributed by atoms with E-state index in [2.05, 4.69) is 11.2 Å². The molecular formula is C11H10ClNO. The van der Waals surface area contributed by atoms with E-state index in [4.69, 9.17) is 18.0 Å². The summed E-state index contributed by atoms with van der Waals surface area (Å²) in [6.07, 6.45) is 5.03. The van der Waals surface area contributed by atoms with Crippen LogP contribution in [0.3, 0.4) is 0 Å². The van der Waals surface area contributed by atoms with E-state index in [1.54, 1.807) is 12.1 Å². The molecule has 1 N–H and O–H groups in total. The summed E-state index contributed by atoms with van der Waals surface area (Å²) in [5.41, 5.74) is 1.34. The van der Waals surface area contributed by atoms with Crippen molar-refractivity contribution in [1.82, 2.24) is 5.32 Å². The summed E-state index contributed by atoms with van der Waals surface area (Å²) in [4.78, 5) is 11.5. The zero-order valence-corrected chi connectivity index (χ0v) is 8.56. The maximum absolute atomic E-state index is 11.5. The summed E-state index contributed by atoms with van der Waals surface area (Å²) in [6.45, 7) is 2.06. The predicted molar refractivity (Wildman–Crippen MR) is 57.4 cm³/mol. The van der Waals surface area contributed by atoms with Crippen LogP contribution in [0.25, 0.3) is 0 Å². The average molecular weight is 208 g/mol. The van der Waals surface area contributed by atoms with Gasteiger partial charge in [0.15, 0.2) is 0 Å². The number of aryl methyl sites for hydroxylation is 1. The third-order valence-corrected chi connectivity index (χ3v) is 2.29. The van der Waals surface area contributed by atoms with E-state index in [1.165, 1.54) is 0 Å². The second-order valence-electron chi connectivity index (χ2n) is 2.82. The number of carbonyl (C=O) groups is 1. The van der Waals surface area contributed by atoms with E-state index in [9.17, 15) is 4.79 Å². The lowest BCUT2D eigenvalue weighted by Gasteiger charge is -2.05. The smallest absolute Gasteiger partial charge is 0.253 e. The van der Waals surface area contributed by atoms with Gasteiger partial charge in [-0.05, 0) is 18.6 Å². The minimum atomic E-state index is -0.239. The van der Waals surface area contributed by atoms with E-state index < -0.39 is 0 Å². The molecule has 3 heteroatoms. The molecular weight excluding hydrogens is 198 g/mol. The second kappa shape index (κ2) is 4.69. The standard InChI is InChI=1S/C11H10ClNO/c1-3-7-13-11(14)9-6-4-5-8(2)10(9)12/h1,4-6H,7H2,2H3,(H,13,14). The summed E-state index contributed by atoms with van der Waals surface area (Å²) in [5.74, 6) is 2.09. The predicted octanol–water partition coefficient (Wildman–Crippen LogP) is 2.01. The van der Waals surface area contributed by atoms with Gasteiger partial charge in [-0.2, -0.15) is 0 Å². The van der Waals surface area contributed by atoms with E-state index in [1.807, 2.05) is 13.0 Å². The molecule has 0 fully saturated rings. The highest BCUT2D eigenvalue weighted by molar-refractivity contribution is 6.34. The highest BCUT2D eigenvalue weighted by Crippen LogP contribution is 2.19. The number of amides is 1. The molecule has 0 aliphatic rings. The highest BCUT2D eigenvalue weighted by Gasteiger charge is 2.09. The number of rotatable bonds is 2. The number of benzene rings is 1. The number of terminal acetylenes is 1. The molecule has 14 heavy (non-hydrogen) atoms. The van der Waals surface area contributed by atoms with Crippen LogP contribution >= 0.6 is 11.6 Å². The Morgan fingerprint density at radius 2 is 2.36 bits per heavy atom. The topological polar surface area (TPSA) is 29.1 Å². The third kappa shape index (κ3) is 2.27. The normalized spacial score (nSPS) is 9.21. The fraction of sp³-hybridized carbons (Fsp3) is 0.182. The molecule has 0 aliphatic carbocycles. The summed E-state index contributed by atoms with van der Waals surface area (Å²) in [7, 11) is 0. The molecule has 0 aromatic heterocycles. The molecule has 0 aliphatic heterocycles. The first-order chi connectivity index (χ1) is 6.66. The van der Waals surface area contributed by atoms with Crippen LogP contribution in [0, 0.1) is 19.3 Å². The minimum absolute atomic E-state index is 0.211. The van der Waals surface area contributed by atoms with Crippen LogP contribution < -0.4 is 5.32 Å². The van der Waals surface area contributed by atoms with Gasteiger partial charge in [-0.1, -0.05) is 29.7 Å². The number of hydrogen-bond acceptors (Lipinski definition) is 1. The zero-order valence-electron chi connectivity index (χ0n) is 7.80. The lowest BCUT2D eigenvalue weighted by molar-refractivity contribution is 0.0959. The van der Waals surface area contributed by atoms with Crippen molar-refractivity contribution in [3.8, 4) is 12.3 Å². The Morgan fingerprint density at radius 3 is 3.00 bits per heavy atom. The molecule has 1 amide bonds. The van der Waals surface area contributed by atoms with Gasteiger partial charge in [-0.15, -0.1) is 6.42 Å². The van der Waals surface area contributed by atoms with Gasteiger partial charge in [0.05, 0.1) is 17.1 Å². The molecule has 0 saturated heterocycles. The fourth-order valence-corrected chi connectivity index (χ4v) is 1.26. The first-order valence-electron chi connectivity index (χ1n) is 4.13. The van der Waals surface area contributed by atoms with Crippen LogP contribution in [-0.4, -0.2) is 12.5 Å². The van der Waals surface area contributed by atoms with Gasteiger partial charge in [0.25, 0.3) is 5.91 Å². The Hall–Kier alpha value is -1.46. The molecule has 0 bridgehead atoms. The fourth-order valence-electron chi connectivity index (χ4n) is 1.05. The molecule has 0 atom stereocenters. The van der Waals surface area contributed by atoms with Crippen LogP contribution in [-0.2, 0) is 0 Å². The van der Waals surface area contributed by atoms with Gasteiger partial charge < -0.3 is 5.32 Å². The Morgan fingerprint density at radius 1 is 1.64 bits per heavy atom. The lowest BCUT2D eigenvalue weighted by Crippen LogP contribution is -2.23. The Labute approximate surface area is 88.3 Å². The molecule has 0 spiro atoms. The van der Waals surface area contributed by atoms with Crippen LogP contribution in [0.4, 0.5) is 0 Å². The van der Waals surface area contributed by atoms with Crippen molar-refractivity contribution in [3.05, 3.63) is 34.3 Å². The van der Waals surface area contributed by atoms with Crippen molar-refractivity contribution < 1.29 is 4.79 Å². The van der Waals surface area contributed by atoms with Crippen LogP contribution in [0.15, 0.2) is 18.2 Å². The minimum Gasteiger partial charge on any atom is -0.341 e. The van der Waals surface area contributed by atoms with Crippen LogP contribution in [0.1, 0.15) is 15.9 Å². The number of halogens is 1. The highest BCUT2D eigenvalue weighted by atomic mass is 35.5.